The maximum Gasteiger partial charge on any atom is 0.276 e. The van der Waals surface area contributed by atoms with E-state index in [1.165, 1.54) is 0 Å². The summed E-state index contributed by atoms with van der Waals surface area (Å²) in [6.45, 7) is 1.78. The van der Waals surface area contributed by atoms with Crippen LogP contribution in [0.5, 0.6) is 0 Å². The van der Waals surface area contributed by atoms with E-state index in [1.54, 1.807) is 6.92 Å². The molecule has 68 valence electrons. The molecule has 0 aliphatic heterocycles. The van der Waals surface area contributed by atoms with E-state index in [-0.39, 0.29) is 11.5 Å². The van der Waals surface area contributed by atoms with Crippen LogP contribution in [-0.4, -0.2) is 15.0 Å². The molecule has 0 radical (unpaired) electrons. The third-order valence-electron chi connectivity index (χ3n) is 1.96. The molecule has 13 heavy (non-hydrogen) atoms. The van der Waals surface area contributed by atoms with E-state index in [0.29, 0.717) is 16.9 Å². The number of anilines is 2. The van der Waals surface area contributed by atoms with Crippen molar-refractivity contribution < 1.29 is 0 Å². The number of fused-ring (bicyclic) bond motifs is 1. The molecule has 2 aromatic heterocycles. The largest absolute Gasteiger partial charge is 0.385 e. The number of rotatable bonds is 0. The van der Waals surface area contributed by atoms with Crippen LogP contribution in [0.15, 0.2) is 4.79 Å². The zero-order chi connectivity index (χ0) is 9.59. The number of nitrogens with zero attached hydrogens (tertiary/aromatic N) is 1. The highest BCUT2D eigenvalue weighted by Crippen LogP contribution is 2.18. The second-order valence-electron chi connectivity index (χ2n) is 2.84. The molecule has 6 N–H and O–H groups in total. The van der Waals surface area contributed by atoms with E-state index in [9.17, 15) is 4.79 Å². The standard InChI is InChI=1S/C7H9N5O/c1-2-3-4(10-5(2)8)6(13)12-7(9)11-3/h10H,8H2,1H3,(H3,9,11,12,13). The van der Waals surface area contributed by atoms with Crippen molar-refractivity contribution in [2.24, 2.45) is 0 Å². The first-order chi connectivity index (χ1) is 6.09. The number of H-pyrrole nitrogens is 2. The number of aromatic nitrogens is 3. The van der Waals surface area contributed by atoms with E-state index in [2.05, 4.69) is 15.0 Å². The molecule has 0 saturated heterocycles. The Morgan fingerprint density at radius 1 is 1.31 bits per heavy atom. The Morgan fingerprint density at radius 3 is 2.69 bits per heavy atom. The summed E-state index contributed by atoms with van der Waals surface area (Å²) in [5.74, 6) is 0.540. The van der Waals surface area contributed by atoms with Crippen LogP contribution in [0.4, 0.5) is 11.8 Å². The van der Waals surface area contributed by atoms with Gasteiger partial charge in [0.1, 0.15) is 16.9 Å². The molecule has 0 spiro atoms. The first-order valence-corrected chi connectivity index (χ1v) is 3.73. The SMILES string of the molecule is Cc1c(N)[nH]c2c(=O)[nH]c(N)nc12. The van der Waals surface area contributed by atoms with Gasteiger partial charge in [0.2, 0.25) is 5.95 Å². The topological polar surface area (TPSA) is 114 Å². The monoisotopic (exact) mass is 179 g/mol. The second-order valence-corrected chi connectivity index (χ2v) is 2.84. The van der Waals surface area contributed by atoms with Gasteiger partial charge in [0.05, 0.1) is 0 Å². The molecule has 0 bridgehead atoms. The van der Waals surface area contributed by atoms with Crippen molar-refractivity contribution in [3.8, 4) is 0 Å². The predicted molar refractivity (Wildman–Crippen MR) is 50.3 cm³/mol. The minimum Gasteiger partial charge on any atom is -0.385 e. The van der Waals surface area contributed by atoms with Crippen molar-refractivity contribution in [1.29, 1.82) is 0 Å². The quantitative estimate of drug-likeness (QED) is 0.445. The van der Waals surface area contributed by atoms with Crippen LogP contribution < -0.4 is 17.0 Å². The molecule has 2 rings (SSSR count). The van der Waals surface area contributed by atoms with Gasteiger partial charge in [0.15, 0.2) is 0 Å². The van der Waals surface area contributed by atoms with Gasteiger partial charge in [-0.25, -0.2) is 4.98 Å². The lowest BCUT2D eigenvalue weighted by Crippen LogP contribution is -2.10. The summed E-state index contributed by atoms with van der Waals surface area (Å²) in [4.78, 5) is 20.4. The van der Waals surface area contributed by atoms with Crippen molar-refractivity contribution in [3.05, 3.63) is 15.9 Å². The lowest BCUT2D eigenvalue weighted by Gasteiger charge is -1.92. The zero-order valence-corrected chi connectivity index (χ0v) is 7.01. The average Bonchev–Trinajstić information content (AvgIpc) is 2.32. The smallest absolute Gasteiger partial charge is 0.276 e. The Bertz CT molecular complexity index is 523. The number of hydrogen-bond donors (Lipinski definition) is 4. The van der Waals surface area contributed by atoms with Gasteiger partial charge in [-0.2, -0.15) is 0 Å². The fraction of sp³-hybridized carbons (Fsp3) is 0.143. The van der Waals surface area contributed by atoms with Gasteiger partial charge in [-0.3, -0.25) is 9.78 Å². The molecule has 0 unspecified atom stereocenters. The van der Waals surface area contributed by atoms with E-state index in [1.807, 2.05) is 0 Å². The molecular formula is C7H9N5O. The van der Waals surface area contributed by atoms with Gasteiger partial charge < -0.3 is 16.5 Å². The van der Waals surface area contributed by atoms with Crippen LogP contribution in [0.3, 0.4) is 0 Å². The maximum absolute atomic E-state index is 11.3. The Balaban J connectivity index is 3.03. The molecule has 2 aromatic rings. The van der Waals surface area contributed by atoms with Gasteiger partial charge in [-0.05, 0) is 6.92 Å². The number of aromatic amines is 2. The number of nitrogens with one attached hydrogen (secondary N) is 2. The molecule has 0 aliphatic carbocycles. The zero-order valence-electron chi connectivity index (χ0n) is 7.01. The minimum atomic E-state index is -0.303. The highest BCUT2D eigenvalue weighted by molar-refractivity contribution is 5.84. The summed E-state index contributed by atoms with van der Waals surface area (Å²) in [6.07, 6.45) is 0. The van der Waals surface area contributed by atoms with Gasteiger partial charge in [0, 0.05) is 5.56 Å². The van der Waals surface area contributed by atoms with Gasteiger partial charge >= 0.3 is 0 Å². The summed E-state index contributed by atoms with van der Waals surface area (Å²) in [6, 6.07) is 0. The Morgan fingerprint density at radius 2 is 2.00 bits per heavy atom. The van der Waals surface area contributed by atoms with E-state index in [4.69, 9.17) is 11.5 Å². The summed E-state index contributed by atoms with van der Waals surface area (Å²) >= 11 is 0. The fourth-order valence-corrected chi connectivity index (χ4v) is 1.23. The number of aryl methyl sites for hydroxylation is 1. The summed E-state index contributed by atoms with van der Waals surface area (Å²) in [7, 11) is 0. The third kappa shape index (κ3) is 0.952. The summed E-state index contributed by atoms with van der Waals surface area (Å²) < 4.78 is 0. The van der Waals surface area contributed by atoms with Crippen LogP contribution in [-0.2, 0) is 0 Å². The third-order valence-corrected chi connectivity index (χ3v) is 1.96. The van der Waals surface area contributed by atoms with Crippen LogP contribution in [0.2, 0.25) is 0 Å². The summed E-state index contributed by atoms with van der Waals surface area (Å²) in [5, 5.41) is 0. The van der Waals surface area contributed by atoms with Gasteiger partial charge in [-0.15, -0.1) is 0 Å². The second kappa shape index (κ2) is 2.25. The highest BCUT2D eigenvalue weighted by atomic mass is 16.1. The van der Waals surface area contributed by atoms with Crippen molar-refractivity contribution in [1.82, 2.24) is 15.0 Å². The van der Waals surface area contributed by atoms with Crippen molar-refractivity contribution >= 4 is 22.8 Å². The molecule has 0 fully saturated rings. The van der Waals surface area contributed by atoms with Crippen LogP contribution in [0.25, 0.3) is 11.0 Å². The number of hydrogen-bond acceptors (Lipinski definition) is 4. The molecule has 0 saturated carbocycles. The van der Waals surface area contributed by atoms with Crippen LogP contribution in [0, 0.1) is 6.92 Å². The number of nitrogen functional groups attached to an aromatic ring is 2. The van der Waals surface area contributed by atoms with Crippen LogP contribution in [0.1, 0.15) is 5.56 Å². The fourth-order valence-electron chi connectivity index (χ4n) is 1.23. The Hall–Kier alpha value is -1.98. The molecule has 0 atom stereocenters. The predicted octanol–water partition coefficient (Wildman–Crippen LogP) is -0.276. The van der Waals surface area contributed by atoms with Gasteiger partial charge in [0.25, 0.3) is 5.56 Å². The van der Waals surface area contributed by atoms with E-state index in [0.717, 1.165) is 5.56 Å². The first kappa shape index (κ1) is 7.66. The maximum atomic E-state index is 11.3. The normalized spacial score (nSPS) is 10.8. The van der Waals surface area contributed by atoms with Crippen molar-refractivity contribution in [3.63, 3.8) is 0 Å². The molecule has 0 aromatic carbocycles. The van der Waals surface area contributed by atoms with Crippen LogP contribution >= 0.6 is 0 Å². The Kier molecular flexibility index (Phi) is 1.33. The molecule has 0 amide bonds. The Labute approximate surface area is 73.0 Å². The molecule has 6 nitrogen and oxygen atoms in total. The summed E-state index contributed by atoms with van der Waals surface area (Å²) in [5.41, 5.74) is 12.3. The molecule has 2 heterocycles. The highest BCUT2D eigenvalue weighted by Gasteiger charge is 2.09. The van der Waals surface area contributed by atoms with Gasteiger partial charge in [-0.1, -0.05) is 0 Å². The van der Waals surface area contributed by atoms with Crippen molar-refractivity contribution in [2.75, 3.05) is 11.5 Å². The molecule has 6 heteroatoms. The first-order valence-electron chi connectivity index (χ1n) is 3.73. The molecular weight excluding hydrogens is 170 g/mol. The van der Waals surface area contributed by atoms with E-state index >= 15 is 0 Å². The lowest BCUT2D eigenvalue weighted by molar-refractivity contribution is 1.18. The number of nitrogens with two attached hydrogens (primary N) is 2. The van der Waals surface area contributed by atoms with Crippen molar-refractivity contribution in [2.45, 2.75) is 6.92 Å². The average molecular weight is 179 g/mol. The minimum absolute atomic E-state index is 0.0969. The lowest BCUT2D eigenvalue weighted by atomic mass is 10.3. The molecule has 0 aliphatic rings. The van der Waals surface area contributed by atoms with E-state index < -0.39 is 0 Å².